The third kappa shape index (κ3) is 4.32. The molecule has 1 aliphatic heterocycles. The third-order valence-electron chi connectivity index (χ3n) is 6.63. The van der Waals surface area contributed by atoms with E-state index in [4.69, 9.17) is 0 Å². The number of anilines is 1. The molecule has 0 radical (unpaired) electrons. The highest BCUT2D eigenvalue weighted by Crippen LogP contribution is 2.47. The highest BCUT2D eigenvalue weighted by Gasteiger charge is 2.45. The van der Waals surface area contributed by atoms with Crippen LogP contribution in [0.15, 0.2) is 36.4 Å². The summed E-state index contributed by atoms with van der Waals surface area (Å²) in [6.45, 7) is 2.18. The second-order valence-electron chi connectivity index (χ2n) is 8.87. The lowest BCUT2D eigenvalue weighted by atomic mass is 9.71. The third-order valence-corrected chi connectivity index (χ3v) is 6.63. The fourth-order valence-corrected chi connectivity index (χ4v) is 4.76. The van der Waals surface area contributed by atoms with Gasteiger partial charge >= 0.3 is 12.1 Å². The van der Waals surface area contributed by atoms with Gasteiger partial charge in [-0.25, -0.2) is 0 Å². The molecule has 2 aromatic rings. The standard InChI is InChI=1S/C25H24F3N3O3/c1-2-31(23(34)16-4-5-16)13-17-10-18(25(26,27)28)6-7-19(17)24(11-22(32)33)14-30-21-8-3-15(12-29)9-20(21)24/h3,6-10,16,30H,2,4-5,11,13-14H2,1H3,(H,32,33). The lowest BCUT2D eigenvalue weighted by molar-refractivity contribution is -0.139. The molecule has 1 heterocycles. The number of carbonyl (C=O) groups is 2. The molecule has 2 aromatic carbocycles. The minimum atomic E-state index is -4.59. The van der Waals surface area contributed by atoms with Crippen molar-refractivity contribution in [3.8, 4) is 6.07 Å². The maximum Gasteiger partial charge on any atom is 0.416 e. The van der Waals surface area contributed by atoms with E-state index in [0.29, 0.717) is 28.9 Å². The van der Waals surface area contributed by atoms with Crippen LogP contribution < -0.4 is 5.32 Å². The maximum atomic E-state index is 13.6. The quantitative estimate of drug-likeness (QED) is 0.619. The molecular weight excluding hydrogens is 447 g/mol. The van der Waals surface area contributed by atoms with Crippen LogP contribution >= 0.6 is 0 Å². The Labute approximate surface area is 195 Å². The number of alkyl halides is 3. The Balaban J connectivity index is 1.90. The number of nitrogens with zero attached hydrogens (tertiary/aromatic N) is 2. The summed E-state index contributed by atoms with van der Waals surface area (Å²) in [5, 5.41) is 22.3. The zero-order chi connectivity index (χ0) is 24.7. The number of hydrogen-bond donors (Lipinski definition) is 2. The molecule has 9 heteroatoms. The van der Waals surface area contributed by atoms with Gasteiger partial charge in [-0.15, -0.1) is 0 Å². The zero-order valence-corrected chi connectivity index (χ0v) is 18.6. The predicted molar refractivity (Wildman–Crippen MR) is 118 cm³/mol. The predicted octanol–water partition coefficient (Wildman–Crippen LogP) is 4.52. The molecule has 1 aliphatic carbocycles. The van der Waals surface area contributed by atoms with E-state index >= 15 is 0 Å². The van der Waals surface area contributed by atoms with Crippen LogP contribution in [-0.4, -0.2) is 35.0 Å². The number of aliphatic carboxylic acids is 1. The highest BCUT2D eigenvalue weighted by atomic mass is 19.4. The SMILES string of the molecule is CCN(Cc1cc(C(F)(F)F)ccc1C1(CC(=O)O)CNc2ccc(C#N)cc21)C(=O)C1CC1. The van der Waals surface area contributed by atoms with E-state index in [-0.39, 0.29) is 36.9 Å². The normalized spacial score (nSPS) is 19.1. The van der Waals surface area contributed by atoms with Crippen LogP contribution in [0.4, 0.5) is 18.9 Å². The van der Waals surface area contributed by atoms with E-state index in [1.54, 1.807) is 25.1 Å². The molecule has 0 aromatic heterocycles. The molecule has 4 rings (SSSR count). The maximum absolute atomic E-state index is 13.6. The number of halogens is 3. The Morgan fingerprint density at radius 1 is 1.21 bits per heavy atom. The summed E-state index contributed by atoms with van der Waals surface area (Å²) in [5.74, 6) is -1.33. The smallest absolute Gasteiger partial charge is 0.416 e. The molecule has 2 N–H and O–H groups in total. The molecule has 1 atom stereocenters. The summed E-state index contributed by atoms with van der Waals surface area (Å²) in [6, 6.07) is 10.2. The fourth-order valence-electron chi connectivity index (χ4n) is 4.76. The van der Waals surface area contributed by atoms with Crippen LogP contribution in [0.5, 0.6) is 0 Å². The van der Waals surface area contributed by atoms with E-state index in [0.717, 1.165) is 25.0 Å². The van der Waals surface area contributed by atoms with Gasteiger partial charge in [-0.3, -0.25) is 9.59 Å². The Bertz CT molecular complexity index is 1180. The Morgan fingerprint density at radius 3 is 2.53 bits per heavy atom. The van der Waals surface area contributed by atoms with Crippen molar-refractivity contribution < 1.29 is 27.9 Å². The molecule has 1 saturated carbocycles. The minimum Gasteiger partial charge on any atom is -0.481 e. The number of nitriles is 1. The van der Waals surface area contributed by atoms with Gasteiger partial charge in [0, 0.05) is 31.2 Å². The first-order valence-corrected chi connectivity index (χ1v) is 11.1. The number of amides is 1. The number of carboxylic acids is 1. The molecule has 2 aliphatic rings. The second-order valence-corrected chi connectivity index (χ2v) is 8.87. The summed E-state index contributed by atoms with van der Waals surface area (Å²) in [6.07, 6.45) is -3.45. The van der Waals surface area contributed by atoms with Gasteiger partial charge in [-0.1, -0.05) is 6.07 Å². The number of nitrogens with one attached hydrogen (secondary N) is 1. The molecule has 6 nitrogen and oxygen atoms in total. The van der Waals surface area contributed by atoms with Gasteiger partial charge in [0.1, 0.15) is 0 Å². The number of rotatable bonds is 7. The number of carbonyl (C=O) groups excluding carboxylic acids is 1. The van der Waals surface area contributed by atoms with Crippen molar-refractivity contribution in [2.75, 3.05) is 18.4 Å². The summed E-state index contributed by atoms with van der Waals surface area (Å²) in [4.78, 5) is 26.3. The average Bonchev–Trinajstić information content (AvgIpc) is 3.59. The first-order valence-electron chi connectivity index (χ1n) is 11.1. The molecule has 0 saturated heterocycles. The van der Waals surface area contributed by atoms with Gasteiger partial charge in [-0.05, 0) is 66.8 Å². The molecular formula is C25H24F3N3O3. The van der Waals surface area contributed by atoms with Gasteiger partial charge in [0.15, 0.2) is 0 Å². The lowest BCUT2D eigenvalue weighted by Gasteiger charge is -2.33. The number of hydrogen-bond acceptors (Lipinski definition) is 4. The summed E-state index contributed by atoms with van der Waals surface area (Å²) < 4.78 is 40.8. The van der Waals surface area contributed by atoms with E-state index in [1.165, 1.54) is 11.0 Å². The summed E-state index contributed by atoms with van der Waals surface area (Å²) in [7, 11) is 0. The van der Waals surface area contributed by atoms with Crippen LogP contribution in [0.1, 0.15) is 54.0 Å². The van der Waals surface area contributed by atoms with Gasteiger partial charge < -0.3 is 15.3 Å². The van der Waals surface area contributed by atoms with Crippen molar-refractivity contribution in [2.24, 2.45) is 5.92 Å². The minimum absolute atomic E-state index is 0.0558. The fraction of sp³-hybridized carbons (Fsp3) is 0.400. The van der Waals surface area contributed by atoms with Crippen molar-refractivity contribution in [1.82, 2.24) is 4.90 Å². The highest BCUT2D eigenvalue weighted by molar-refractivity contribution is 5.81. The Morgan fingerprint density at radius 2 is 1.94 bits per heavy atom. The molecule has 0 bridgehead atoms. The van der Waals surface area contributed by atoms with Crippen LogP contribution in [0.2, 0.25) is 0 Å². The first-order chi connectivity index (χ1) is 16.1. The van der Waals surface area contributed by atoms with Crippen molar-refractivity contribution >= 4 is 17.6 Å². The van der Waals surface area contributed by atoms with E-state index < -0.39 is 23.1 Å². The average molecular weight is 471 g/mol. The number of fused-ring (bicyclic) bond motifs is 1. The molecule has 1 fully saturated rings. The van der Waals surface area contributed by atoms with Crippen molar-refractivity contribution in [3.05, 3.63) is 64.2 Å². The second kappa shape index (κ2) is 8.67. The van der Waals surface area contributed by atoms with Crippen LogP contribution in [0, 0.1) is 17.2 Å². The van der Waals surface area contributed by atoms with Gasteiger partial charge in [0.05, 0.1) is 29.0 Å². The molecule has 0 spiro atoms. The first kappa shape index (κ1) is 23.6. The summed E-state index contributed by atoms with van der Waals surface area (Å²) in [5.41, 5.74) is 0.109. The Kier molecular flexibility index (Phi) is 6.02. The van der Waals surface area contributed by atoms with Gasteiger partial charge in [0.2, 0.25) is 5.91 Å². The molecule has 34 heavy (non-hydrogen) atoms. The largest absolute Gasteiger partial charge is 0.481 e. The molecule has 1 amide bonds. The number of benzene rings is 2. The topological polar surface area (TPSA) is 93.4 Å². The zero-order valence-electron chi connectivity index (χ0n) is 18.6. The Hall–Kier alpha value is -3.54. The van der Waals surface area contributed by atoms with E-state index in [9.17, 15) is 33.1 Å². The van der Waals surface area contributed by atoms with Crippen LogP contribution in [-0.2, 0) is 27.7 Å². The molecule has 1 unspecified atom stereocenters. The van der Waals surface area contributed by atoms with Crippen LogP contribution in [0.25, 0.3) is 0 Å². The van der Waals surface area contributed by atoms with Crippen molar-refractivity contribution in [1.29, 1.82) is 5.26 Å². The van der Waals surface area contributed by atoms with Crippen LogP contribution in [0.3, 0.4) is 0 Å². The number of carboxylic acid groups (broad SMARTS) is 1. The van der Waals surface area contributed by atoms with Crippen molar-refractivity contribution in [2.45, 2.75) is 44.3 Å². The monoisotopic (exact) mass is 471 g/mol. The molecule has 178 valence electrons. The lowest BCUT2D eigenvalue weighted by Crippen LogP contribution is -2.37. The van der Waals surface area contributed by atoms with E-state index in [2.05, 4.69) is 5.32 Å². The van der Waals surface area contributed by atoms with Gasteiger partial charge in [0.25, 0.3) is 0 Å². The van der Waals surface area contributed by atoms with E-state index in [1.807, 2.05) is 6.07 Å². The summed E-state index contributed by atoms with van der Waals surface area (Å²) >= 11 is 0. The van der Waals surface area contributed by atoms with Gasteiger partial charge in [-0.2, -0.15) is 18.4 Å². The van der Waals surface area contributed by atoms with Crippen molar-refractivity contribution in [3.63, 3.8) is 0 Å².